The molecule has 3 aromatic carbocycles. The molecule has 0 spiro atoms. The van der Waals surface area contributed by atoms with Gasteiger partial charge in [-0.2, -0.15) is 0 Å². The molecule has 4 nitrogen and oxygen atoms in total. The quantitative estimate of drug-likeness (QED) is 0.510. The Bertz CT molecular complexity index is 1210. The Morgan fingerprint density at radius 2 is 1.41 bits per heavy atom. The predicted molar refractivity (Wildman–Crippen MR) is 126 cm³/mol. The highest BCUT2D eigenvalue weighted by Crippen LogP contribution is 2.34. The van der Waals surface area contributed by atoms with Crippen LogP contribution < -0.4 is 10.2 Å². The molecule has 1 heterocycles. The molecule has 1 aliphatic heterocycles. The van der Waals surface area contributed by atoms with Gasteiger partial charge in [-0.05, 0) is 78.4 Å². The summed E-state index contributed by atoms with van der Waals surface area (Å²) in [7, 11) is 0. The lowest BCUT2D eigenvalue weighted by Gasteiger charge is -2.17. The minimum absolute atomic E-state index is 0.179. The molecule has 1 N–H and O–H groups in total. The molecule has 0 bridgehead atoms. The Morgan fingerprint density at radius 3 is 1.97 bits per heavy atom. The molecule has 4 rings (SSSR count). The number of halogens is 1. The molecule has 0 fully saturated rings. The predicted octanol–water partition coefficient (Wildman–Crippen LogP) is 5.96. The van der Waals surface area contributed by atoms with Gasteiger partial charge in [0.05, 0.1) is 11.3 Å². The van der Waals surface area contributed by atoms with Crippen molar-refractivity contribution in [3.05, 3.63) is 100 Å². The van der Waals surface area contributed by atoms with E-state index in [1.807, 2.05) is 56.3 Å². The van der Waals surface area contributed by atoms with Gasteiger partial charge in [-0.1, -0.05) is 44.2 Å². The van der Waals surface area contributed by atoms with E-state index in [1.165, 1.54) is 34.7 Å². The van der Waals surface area contributed by atoms with Crippen molar-refractivity contribution in [3.63, 3.8) is 0 Å². The number of carbonyl (C=O) groups excluding carboxylic acids is 2. The molecule has 5 heteroatoms. The Labute approximate surface area is 187 Å². The number of rotatable bonds is 5. The van der Waals surface area contributed by atoms with Crippen LogP contribution in [0.15, 0.2) is 72.4 Å². The average Bonchev–Trinajstić information content (AvgIpc) is 2.98. The van der Waals surface area contributed by atoms with Gasteiger partial charge >= 0.3 is 0 Å². The van der Waals surface area contributed by atoms with Crippen molar-refractivity contribution in [1.82, 2.24) is 0 Å². The minimum Gasteiger partial charge on any atom is -0.350 e. The van der Waals surface area contributed by atoms with E-state index in [0.717, 1.165) is 11.1 Å². The normalized spacial score (nSPS) is 14.0. The number of hydrogen-bond donors (Lipinski definition) is 1. The second kappa shape index (κ2) is 8.42. The number of nitrogens with zero attached hydrogens (tertiary/aromatic N) is 1. The van der Waals surface area contributed by atoms with Crippen LogP contribution in [-0.4, -0.2) is 11.8 Å². The van der Waals surface area contributed by atoms with Gasteiger partial charge in [0.1, 0.15) is 11.5 Å². The maximum Gasteiger partial charge on any atom is 0.282 e. The van der Waals surface area contributed by atoms with Crippen molar-refractivity contribution in [1.29, 1.82) is 0 Å². The van der Waals surface area contributed by atoms with Crippen LogP contribution in [0.25, 0.3) is 5.57 Å². The van der Waals surface area contributed by atoms with E-state index in [9.17, 15) is 14.0 Å². The Balaban J connectivity index is 1.80. The summed E-state index contributed by atoms with van der Waals surface area (Å²) in [6.45, 7) is 8.06. The largest absolute Gasteiger partial charge is 0.350 e. The van der Waals surface area contributed by atoms with E-state index in [2.05, 4.69) is 19.2 Å². The van der Waals surface area contributed by atoms with Crippen molar-refractivity contribution in [2.45, 2.75) is 33.6 Å². The van der Waals surface area contributed by atoms with Crippen LogP contribution in [-0.2, 0) is 9.59 Å². The number of carbonyl (C=O) groups is 2. The van der Waals surface area contributed by atoms with Gasteiger partial charge in [0.25, 0.3) is 11.8 Å². The molecular weight excluding hydrogens is 403 g/mol. The van der Waals surface area contributed by atoms with Crippen molar-refractivity contribution in [2.24, 2.45) is 0 Å². The number of benzene rings is 3. The topological polar surface area (TPSA) is 49.4 Å². The zero-order chi connectivity index (χ0) is 23.0. The van der Waals surface area contributed by atoms with Gasteiger partial charge in [-0.3, -0.25) is 9.59 Å². The highest BCUT2D eigenvalue weighted by molar-refractivity contribution is 6.46. The molecule has 0 saturated heterocycles. The number of amides is 2. The second-order valence-corrected chi connectivity index (χ2v) is 8.45. The van der Waals surface area contributed by atoms with Gasteiger partial charge in [0.2, 0.25) is 0 Å². The summed E-state index contributed by atoms with van der Waals surface area (Å²) >= 11 is 0. The van der Waals surface area contributed by atoms with E-state index in [4.69, 9.17) is 0 Å². The van der Waals surface area contributed by atoms with Crippen LogP contribution in [0.4, 0.5) is 15.8 Å². The van der Waals surface area contributed by atoms with Gasteiger partial charge < -0.3 is 5.32 Å². The highest BCUT2D eigenvalue weighted by atomic mass is 19.1. The Morgan fingerprint density at radius 1 is 0.812 bits per heavy atom. The lowest BCUT2D eigenvalue weighted by atomic mass is 10.0. The van der Waals surface area contributed by atoms with Crippen LogP contribution in [0.1, 0.15) is 42.0 Å². The Hall–Kier alpha value is -3.73. The summed E-state index contributed by atoms with van der Waals surface area (Å²) in [5.41, 5.74) is 5.19. The second-order valence-electron chi connectivity index (χ2n) is 8.45. The van der Waals surface area contributed by atoms with Gasteiger partial charge in [-0.25, -0.2) is 9.29 Å². The summed E-state index contributed by atoms with van der Waals surface area (Å²) in [6, 6.07) is 19.0. The number of nitrogens with one attached hydrogen (secondary N) is 1. The van der Waals surface area contributed by atoms with Crippen LogP contribution >= 0.6 is 0 Å². The first-order valence-electron chi connectivity index (χ1n) is 10.6. The fraction of sp³-hybridized carbons (Fsp3) is 0.185. The fourth-order valence-electron chi connectivity index (χ4n) is 3.94. The summed E-state index contributed by atoms with van der Waals surface area (Å²) in [5, 5.41) is 3.15. The number of imide groups is 1. The maximum atomic E-state index is 13.5. The molecule has 0 atom stereocenters. The zero-order valence-electron chi connectivity index (χ0n) is 18.6. The summed E-state index contributed by atoms with van der Waals surface area (Å²) in [6.07, 6.45) is 0. The molecule has 3 aromatic rings. The standard InChI is InChI=1S/C27H25FN2O2/c1-16(2)19-7-11-22(12-8-19)29-25-24(20-5-9-21(28)10-6-20)26(31)30(27(25)32)23-14-17(3)13-18(4)15-23/h5-16,29H,1-4H3. The van der Waals surface area contributed by atoms with Crippen molar-refractivity contribution >= 4 is 28.8 Å². The molecule has 2 amide bonds. The average molecular weight is 429 g/mol. The molecular formula is C27H25FN2O2. The number of aryl methyl sites for hydroxylation is 2. The first-order chi connectivity index (χ1) is 15.2. The van der Waals surface area contributed by atoms with Crippen molar-refractivity contribution in [3.8, 4) is 0 Å². The van der Waals surface area contributed by atoms with Crippen LogP contribution in [0.3, 0.4) is 0 Å². The van der Waals surface area contributed by atoms with Crippen LogP contribution in [0.2, 0.25) is 0 Å². The molecule has 0 radical (unpaired) electrons. The van der Waals surface area contributed by atoms with Gasteiger partial charge in [0.15, 0.2) is 0 Å². The third-order valence-corrected chi connectivity index (χ3v) is 5.53. The van der Waals surface area contributed by atoms with Gasteiger partial charge in [0, 0.05) is 5.69 Å². The smallest absolute Gasteiger partial charge is 0.282 e. The lowest BCUT2D eigenvalue weighted by Crippen LogP contribution is -2.32. The SMILES string of the molecule is Cc1cc(C)cc(N2C(=O)C(Nc3ccc(C(C)C)cc3)=C(c3ccc(F)cc3)C2=O)c1. The van der Waals surface area contributed by atoms with E-state index in [1.54, 1.807) is 0 Å². The molecule has 0 saturated carbocycles. The van der Waals surface area contributed by atoms with E-state index >= 15 is 0 Å². The summed E-state index contributed by atoms with van der Waals surface area (Å²) in [4.78, 5) is 28.1. The van der Waals surface area contributed by atoms with E-state index < -0.39 is 17.6 Å². The fourth-order valence-corrected chi connectivity index (χ4v) is 3.94. The van der Waals surface area contributed by atoms with E-state index in [0.29, 0.717) is 22.9 Å². The van der Waals surface area contributed by atoms with Crippen LogP contribution in [0, 0.1) is 19.7 Å². The molecule has 162 valence electrons. The summed E-state index contributed by atoms with van der Waals surface area (Å²) in [5.74, 6) is -0.899. The molecule has 0 aliphatic carbocycles. The highest BCUT2D eigenvalue weighted by Gasteiger charge is 2.40. The number of hydrogen-bond acceptors (Lipinski definition) is 3. The van der Waals surface area contributed by atoms with E-state index in [-0.39, 0.29) is 11.3 Å². The molecule has 1 aliphatic rings. The Kier molecular flexibility index (Phi) is 5.66. The molecule has 0 unspecified atom stereocenters. The molecule has 0 aromatic heterocycles. The third kappa shape index (κ3) is 4.06. The zero-order valence-corrected chi connectivity index (χ0v) is 18.6. The maximum absolute atomic E-state index is 13.5. The monoisotopic (exact) mass is 428 g/mol. The summed E-state index contributed by atoms with van der Waals surface area (Å²) < 4.78 is 13.5. The van der Waals surface area contributed by atoms with Crippen molar-refractivity contribution in [2.75, 3.05) is 10.2 Å². The lowest BCUT2D eigenvalue weighted by molar-refractivity contribution is -0.120. The minimum atomic E-state index is -0.438. The first-order valence-corrected chi connectivity index (χ1v) is 10.6. The van der Waals surface area contributed by atoms with Crippen LogP contribution in [0.5, 0.6) is 0 Å². The third-order valence-electron chi connectivity index (χ3n) is 5.53. The van der Waals surface area contributed by atoms with Crippen molar-refractivity contribution < 1.29 is 14.0 Å². The number of anilines is 2. The van der Waals surface area contributed by atoms with Gasteiger partial charge in [-0.15, -0.1) is 0 Å². The molecule has 32 heavy (non-hydrogen) atoms. The first kappa shape index (κ1) is 21.5.